The molecule has 0 saturated carbocycles. The van der Waals surface area contributed by atoms with E-state index in [0.717, 1.165) is 23.5 Å². The maximum atomic E-state index is 6.16. The third kappa shape index (κ3) is 3.38. The number of aromatic nitrogens is 4. The highest BCUT2D eigenvalue weighted by Crippen LogP contribution is 2.30. The van der Waals surface area contributed by atoms with Crippen molar-refractivity contribution in [1.82, 2.24) is 19.9 Å². The SMILES string of the molecule is CCOc1ccccc1-c1nnc(SCc2ncc(CC)o2)n1N. The first-order valence-electron chi connectivity index (χ1n) is 7.72. The summed E-state index contributed by atoms with van der Waals surface area (Å²) in [5.74, 6) is 9.51. The Labute approximate surface area is 144 Å². The number of nitrogens with zero attached hydrogens (tertiary/aromatic N) is 4. The molecule has 0 fully saturated rings. The van der Waals surface area contributed by atoms with Gasteiger partial charge >= 0.3 is 0 Å². The van der Waals surface area contributed by atoms with Gasteiger partial charge in [0.25, 0.3) is 0 Å². The Bertz CT molecular complexity index is 814. The van der Waals surface area contributed by atoms with Crippen molar-refractivity contribution in [2.24, 2.45) is 0 Å². The van der Waals surface area contributed by atoms with Gasteiger partial charge in [-0.3, -0.25) is 0 Å². The fourth-order valence-electron chi connectivity index (χ4n) is 2.20. The van der Waals surface area contributed by atoms with Gasteiger partial charge in [-0.2, -0.15) is 0 Å². The first-order valence-corrected chi connectivity index (χ1v) is 8.70. The number of ether oxygens (including phenoxy) is 1. The van der Waals surface area contributed by atoms with Crippen LogP contribution >= 0.6 is 11.8 Å². The summed E-state index contributed by atoms with van der Waals surface area (Å²) in [6.07, 6.45) is 2.57. The van der Waals surface area contributed by atoms with Crippen LogP contribution in [-0.4, -0.2) is 26.5 Å². The molecule has 0 aliphatic carbocycles. The Kier molecular flexibility index (Phi) is 5.05. The Morgan fingerprint density at radius 1 is 1.25 bits per heavy atom. The van der Waals surface area contributed by atoms with Crippen molar-refractivity contribution >= 4 is 11.8 Å². The number of hydrogen-bond donors (Lipinski definition) is 1. The summed E-state index contributed by atoms with van der Waals surface area (Å²) in [5.41, 5.74) is 0.811. The molecule has 2 heterocycles. The molecule has 0 aliphatic heterocycles. The molecule has 0 bridgehead atoms. The highest BCUT2D eigenvalue weighted by atomic mass is 32.2. The third-order valence-electron chi connectivity index (χ3n) is 3.37. The number of nitrogens with two attached hydrogens (primary N) is 1. The molecular weight excluding hydrogens is 326 g/mol. The van der Waals surface area contributed by atoms with Gasteiger partial charge in [0.15, 0.2) is 5.82 Å². The van der Waals surface area contributed by atoms with Crippen LogP contribution < -0.4 is 10.6 Å². The molecular formula is C16H19N5O2S. The van der Waals surface area contributed by atoms with E-state index in [2.05, 4.69) is 15.2 Å². The van der Waals surface area contributed by atoms with Crippen molar-refractivity contribution < 1.29 is 9.15 Å². The van der Waals surface area contributed by atoms with Gasteiger partial charge in [-0.25, -0.2) is 9.66 Å². The minimum Gasteiger partial charge on any atom is -0.493 e. The van der Waals surface area contributed by atoms with Crippen LogP contribution in [0.1, 0.15) is 25.5 Å². The number of aryl methyl sites for hydroxylation is 1. The molecule has 24 heavy (non-hydrogen) atoms. The molecule has 0 amide bonds. The number of oxazole rings is 1. The minimum atomic E-state index is 0.544. The second-order valence-corrected chi connectivity index (χ2v) is 5.91. The number of para-hydroxylation sites is 1. The first-order chi connectivity index (χ1) is 11.7. The van der Waals surface area contributed by atoms with Crippen molar-refractivity contribution in [3.8, 4) is 17.1 Å². The van der Waals surface area contributed by atoms with Crippen LogP contribution in [0.4, 0.5) is 0 Å². The molecule has 126 valence electrons. The van der Waals surface area contributed by atoms with Crippen molar-refractivity contribution in [1.29, 1.82) is 0 Å². The topological polar surface area (TPSA) is 92.0 Å². The first kappa shape index (κ1) is 16.4. The van der Waals surface area contributed by atoms with Gasteiger partial charge in [0, 0.05) is 6.42 Å². The van der Waals surface area contributed by atoms with E-state index in [0.29, 0.717) is 29.2 Å². The molecule has 8 heteroatoms. The molecule has 0 unspecified atom stereocenters. The summed E-state index contributed by atoms with van der Waals surface area (Å²) < 4.78 is 12.7. The molecule has 3 aromatic rings. The summed E-state index contributed by atoms with van der Waals surface area (Å²) in [5, 5.41) is 8.95. The second-order valence-electron chi connectivity index (χ2n) is 4.97. The van der Waals surface area contributed by atoms with Gasteiger partial charge in [0.2, 0.25) is 11.0 Å². The Hall–Kier alpha value is -2.48. The van der Waals surface area contributed by atoms with Crippen LogP contribution in [0.5, 0.6) is 5.75 Å². The van der Waals surface area contributed by atoms with E-state index in [9.17, 15) is 0 Å². The zero-order valence-corrected chi connectivity index (χ0v) is 14.4. The lowest BCUT2D eigenvalue weighted by molar-refractivity contribution is 0.341. The highest BCUT2D eigenvalue weighted by molar-refractivity contribution is 7.98. The number of hydrogen-bond acceptors (Lipinski definition) is 7. The van der Waals surface area contributed by atoms with E-state index in [4.69, 9.17) is 15.0 Å². The third-order valence-corrected chi connectivity index (χ3v) is 4.29. The Balaban J connectivity index is 1.78. The molecule has 0 spiro atoms. The van der Waals surface area contributed by atoms with Crippen LogP contribution in [0, 0.1) is 0 Å². The predicted octanol–water partition coefficient (Wildman–Crippen LogP) is 2.90. The maximum Gasteiger partial charge on any atom is 0.210 e. The van der Waals surface area contributed by atoms with Crippen LogP contribution in [0.15, 0.2) is 40.0 Å². The Morgan fingerprint density at radius 3 is 2.83 bits per heavy atom. The van der Waals surface area contributed by atoms with Gasteiger partial charge in [-0.05, 0) is 19.1 Å². The monoisotopic (exact) mass is 345 g/mol. The zero-order valence-electron chi connectivity index (χ0n) is 13.6. The number of thioether (sulfide) groups is 1. The summed E-state index contributed by atoms with van der Waals surface area (Å²) >= 11 is 1.43. The van der Waals surface area contributed by atoms with Crippen LogP contribution in [-0.2, 0) is 12.2 Å². The van der Waals surface area contributed by atoms with Gasteiger partial charge in [-0.1, -0.05) is 30.8 Å². The van der Waals surface area contributed by atoms with Crippen LogP contribution in [0.2, 0.25) is 0 Å². The highest BCUT2D eigenvalue weighted by Gasteiger charge is 2.16. The molecule has 2 aromatic heterocycles. The van der Waals surface area contributed by atoms with Crippen molar-refractivity contribution in [3.05, 3.63) is 42.1 Å². The van der Waals surface area contributed by atoms with Crippen LogP contribution in [0.25, 0.3) is 11.4 Å². The van der Waals surface area contributed by atoms with E-state index < -0.39 is 0 Å². The van der Waals surface area contributed by atoms with E-state index in [1.54, 1.807) is 6.20 Å². The summed E-state index contributed by atoms with van der Waals surface area (Å²) in [6.45, 7) is 4.53. The lowest BCUT2D eigenvalue weighted by Gasteiger charge is -2.09. The number of benzene rings is 1. The van der Waals surface area contributed by atoms with E-state index >= 15 is 0 Å². The van der Waals surface area contributed by atoms with E-state index in [-0.39, 0.29) is 0 Å². The molecule has 2 N–H and O–H groups in total. The molecule has 0 radical (unpaired) electrons. The predicted molar refractivity (Wildman–Crippen MR) is 92.2 cm³/mol. The summed E-state index contributed by atoms with van der Waals surface area (Å²) in [4.78, 5) is 4.23. The standard InChI is InChI=1S/C16H19N5O2S/c1-3-11-9-18-14(23-11)10-24-16-20-19-15(21(16)17)12-7-5-6-8-13(12)22-4-2/h5-9H,3-4,10,17H2,1-2H3. The van der Waals surface area contributed by atoms with Gasteiger partial charge < -0.3 is 15.0 Å². The van der Waals surface area contributed by atoms with Gasteiger partial charge in [-0.15, -0.1) is 10.2 Å². The lowest BCUT2D eigenvalue weighted by atomic mass is 10.2. The average molecular weight is 345 g/mol. The van der Waals surface area contributed by atoms with E-state index in [1.807, 2.05) is 38.1 Å². The molecule has 0 atom stereocenters. The Morgan fingerprint density at radius 2 is 2.08 bits per heavy atom. The van der Waals surface area contributed by atoms with Crippen LogP contribution in [0.3, 0.4) is 0 Å². The minimum absolute atomic E-state index is 0.544. The maximum absolute atomic E-state index is 6.16. The fraction of sp³-hybridized carbons (Fsp3) is 0.312. The van der Waals surface area contributed by atoms with Gasteiger partial charge in [0.05, 0.1) is 24.1 Å². The van der Waals surface area contributed by atoms with Crippen molar-refractivity contribution in [2.75, 3.05) is 12.4 Å². The average Bonchev–Trinajstić information content (AvgIpc) is 3.20. The van der Waals surface area contributed by atoms with E-state index in [1.165, 1.54) is 16.4 Å². The van der Waals surface area contributed by atoms with Crippen molar-refractivity contribution in [3.63, 3.8) is 0 Å². The summed E-state index contributed by atoms with van der Waals surface area (Å²) in [6, 6.07) is 7.63. The second kappa shape index (κ2) is 7.39. The lowest BCUT2D eigenvalue weighted by Crippen LogP contribution is -2.12. The normalized spacial score (nSPS) is 10.9. The smallest absolute Gasteiger partial charge is 0.210 e. The largest absolute Gasteiger partial charge is 0.493 e. The number of nitrogen functional groups attached to an aromatic ring is 1. The molecule has 0 aliphatic rings. The zero-order chi connectivity index (χ0) is 16.9. The molecule has 7 nitrogen and oxygen atoms in total. The van der Waals surface area contributed by atoms with Gasteiger partial charge in [0.1, 0.15) is 11.5 Å². The molecule has 0 saturated heterocycles. The summed E-state index contributed by atoms with van der Waals surface area (Å²) in [7, 11) is 0. The van der Waals surface area contributed by atoms with Crippen molar-refractivity contribution in [2.45, 2.75) is 31.2 Å². The fourth-order valence-corrected chi connectivity index (χ4v) is 2.91. The molecule has 3 rings (SSSR count). The molecule has 1 aromatic carbocycles. The number of rotatable bonds is 7. The quantitative estimate of drug-likeness (QED) is 0.520.